The third kappa shape index (κ3) is 6.91. The Kier molecular flexibility index (Phi) is 9.33. The highest BCUT2D eigenvalue weighted by atomic mass is 16.5. The number of ether oxygens (including phenoxy) is 1. The van der Waals surface area contributed by atoms with E-state index in [9.17, 15) is 19.2 Å². The maximum atomic E-state index is 13.0. The van der Waals surface area contributed by atoms with Gasteiger partial charge in [-0.05, 0) is 55.3 Å². The summed E-state index contributed by atoms with van der Waals surface area (Å²) in [4.78, 5) is 67.2. The topological polar surface area (TPSA) is 178 Å². The number of anilines is 3. The van der Waals surface area contributed by atoms with Gasteiger partial charge in [-0.2, -0.15) is 0 Å². The van der Waals surface area contributed by atoms with Gasteiger partial charge in [0.05, 0.1) is 61.2 Å². The van der Waals surface area contributed by atoms with Gasteiger partial charge in [0, 0.05) is 67.6 Å². The molecule has 2 N–H and O–H groups in total. The van der Waals surface area contributed by atoms with Crippen LogP contribution in [0.1, 0.15) is 45.9 Å². The number of furan rings is 1. The molecule has 2 aromatic carbocycles. The van der Waals surface area contributed by atoms with Crippen molar-refractivity contribution in [2.45, 2.75) is 25.7 Å². The molecule has 6 heterocycles. The van der Waals surface area contributed by atoms with E-state index in [1.807, 2.05) is 36.2 Å². The minimum absolute atomic E-state index is 0.0843. The number of amides is 3. The van der Waals surface area contributed by atoms with Crippen LogP contribution in [0.5, 0.6) is 0 Å². The van der Waals surface area contributed by atoms with Crippen LogP contribution in [-0.4, -0.2) is 77.1 Å². The average molecular weight is 741 g/mol. The molecule has 2 fully saturated rings. The van der Waals surface area contributed by atoms with Gasteiger partial charge in [0.2, 0.25) is 11.8 Å². The maximum Gasteiger partial charge on any atom is 0.419 e. The van der Waals surface area contributed by atoms with Crippen LogP contribution in [0, 0.1) is 18.8 Å². The van der Waals surface area contributed by atoms with Crippen LogP contribution >= 0.6 is 0 Å². The predicted molar refractivity (Wildman–Crippen MR) is 203 cm³/mol. The molecule has 15 nitrogen and oxygen atoms in total. The summed E-state index contributed by atoms with van der Waals surface area (Å²) >= 11 is 0. The standard InChI is InChI=1S/C40H36N8O7/c1-23-15-25(37-43-20-27(21-44-37)46(2)26-17-31-36(55-40(52)47(31)3)32(18-26)48-11-13-53-14-12-48)19-42-35(23)39(51)41-10-4-5-24-6-8-33-29(16-24)30(22-54-33)28-7-9-34(49)45-38(28)50/h6,8,15-22,28H,7,9-14H2,1-3H3,(H,41,51)(H,45,49,50). The molecule has 0 radical (unpaired) electrons. The van der Waals surface area contributed by atoms with Crippen molar-refractivity contribution < 1.29 is 28.0 Å². The molecule has 2 aliphatic heterocycles. The van der Waals surface area contributed by atoms with Gasteiger partial charge in [0.25, 0.3) is 5.91 Å². The van der Waals surface area contributed by atoms with E-state index < -0.39 is 11.7 Å². The number of oxazole rings is 1. The number of fused-ring (bicyclic) bond motifs is 2. The number of carbonyl (C=O) groups is 3. The van der Waals surface area contributed by atoms with E-state index in [-0.39, 0.29) is 36.4 Å². The van der Waals surface area contributed by atoms with Crippen molar-refractivity contribution >= 4 is 56.9 Å². The lowest BCUT2D eigenvalue weighted by atomic mass is 9.90. The lowest BCUT2D eigenvalue weighted by molar-refractivity contribution is -0.134. The summed E-state index contributed by atoms with van der Waals surface area (Å²) < 4.78 is 18.3. The number of benzene rings is 2. The molecular weight excluding hydrogens is 704 g/mol. The van der Waals surface area contributed by atoms with Crippen molar-refractivity contribution in [1.82, 2.24) is 30.2 Å². The van der Waals surface area contributed by atoms with Crippen LogP contribution in [0.15, 0.2) is 74.9 Å². The molecule has 1 unspecified atom stereocenters. The van der Waals surface area contributed by atoms with Gasteiger partial charge in [-0.3, -0.25) is 29.3 Å². The first-order valence-corrected chi connectivity index (χ1v) is 17.8. The Morgan fingerprint density at radius 2 is 1.84 bits per heavy atom. The zero-order valence-corrected chi connectivity index (χ0v) is 30.3. The second kappa shape index (κ2) is 14.6. The number of morpholine rings is 1. The highest BCUT2D eigenvalue weighted by Gasteiger charge is 2.30. The monoisotopic (exact) mass is 740 g/mol. The number of carbonyl (C=O) groups excluding carboxylic acids is 3. The van der Waals surface area contributed by atoms with Crippen LogP contribution in [0.25, 0.3) is 33.5 Å². The number of hydrogen-bond donors (Lipinski definition) is 2. The summed E-state index contributed by atoms with van der Waals surface area (Å²) in [6, 6.07) is 11.1. The minimum atomic E-state index is -0.472. The summed E-state index contributed by atoms with van der Waals surface area (Å²) in [5.41, 5.74) is 7.19. The normalized spacial score (nSPS) is 15.8. The summed E-state index contributed by atoms with van der Waals surface area (Å²) in [5.74, 6) is 4.59. The highest BCUT2D eigenvalue weighted by molar-refractivity contribution is 6.03. The Balaban J connectivity index is 0.930. The number of piperidine rings is 1. The van der Waals surface area contributed by atoms with Crippen LogP contribution in [0.4, 0.5) is 17.1 Å². The predicted octanol–water partition coefficient (Wildman–Crippen LogP) is 3.94. The van der Waals surface area contributed by atoms with E-state index in [1.54, 1.807) is 51.0 Å². The van der Waals surface area contributed by atoms with E-state index in [0.29, 0.717) is 77.5 Å². The van der Waals surface area contributed by atoms with Crippen molar-refractivity contribution in [2.24, 2.45) is 7.05 Å². The second-order valence-electron chi connectivity index (χ2n) is 13.4. The Labute approximate surface area is 314 Å². The molecule has 1 atom stereocenters. The third-order valence-corrected chi connectivity index (χ3v) is 9.96. The second-order valence-corrected chi connectivity index (χ2v) is 13.4. The molecule has 8 rings (SSSR count). The summed E-state index contributed by atoms with van der Waals surface area (Å²) in [6.45, 7) is 4.43. The lowest BCUT2D eigenvalue weighted by Crippen LogP contribution is -2.39. The average Bonchev–Trinajstić information content (AvgIpc) is 3.75. The van der Waals surface area contributed by atoms with Gasteiger partial charge in [0.1, 0.15) is 11.3 Å². The first-order valence-electron chi connectivity index (χ1n) is 17.8. The maximum absolute atomic E-state index is 13.0. The molecule has 3 amide bonds. The Bertz CT molecular complexity index is 2610. The van der Waals surface area contributed by atoms with Gasteiger partial charge in [-0.25, -0.2) is 14.8 Å². The van der Waals surface area contributed by atoms with Crippen LogP contribution in [0.2, 0.25) is 0 Å². The van der Waals surface area contributed by atoms with Crippen molar-refractivity contribution in [3.05, 3.63) is 94.2 Å². The number of nitrogens with zero attached hydrogens (tertiary/aromatic N) is 6. The van der Waals surface area contributed by atoms with Crippen LogP contribution < -0.4 is 26.2 Å². The Morgan fingerprint density at radius 1 is 1.04 bits per heavy atom. The van der Waals surface area contributed by atoms with E-state index in [0.717, 1.165) is 22.4 Å². The Morgan fingerprint density at radius 3 is 2.60 bits per heavy atom. The van der Waals surface area contributed by atoms with Crippen molar-refractivity contribution in [3.8, 4) is 23.2 Å². The van der Waals surface area contributed by atoms with Crippen LogP contribution in [-0.2, 0) is 21.4 Å². The fraction of sp³-hybridized carbons (Fsp3) is 0.275. The Hall–Kier alpha value is -6.79. The largest absolute Gasteiger partial charge is 0.464 e. The van der Waals surface area contributed by atoms with Gasteiger partial charge in [-0.15, -0.1) is 0 Å². The molecule has 2 saturated heterocycles. The van der Waals surface area contributed by atoms with Gasteiger partial charge in [-0.1, -0.05) is 11.8 Å². The van der Waals surface area contributed by atoms with Gasteiger partial charge >= 0.3 is 5.76 Å². The number of pyridine rings is 1. The number of nitrogens with one attached hydrogen (secondary N) is 2. The van der Waals surface area contributed by atoms with Gasteiger partial charge in [0.15, 0.2) is 11.4 Å². The molecule has 4 aromatic heterocycles. The molecule has 0 bridgehead atoms. The smallest absolute Gasteiger partial charge is 0.419 e. The summed E-state index contributed by atoms with van der Waals surface area (Å²) in [6.07, 6.45) is 7.23. The molecule has 0 saturated carbocycles. The first-order chi connectivity index (χ1) is 26.6. The molecule has 2 aliphatic rings. The minimum Gasteiger partial charge on any atom is -0.464 e. The number of imide groups is 1. The quantitative estimate of drug-likeness (QED) is 0.178. The van der Waals surface area contributed by atoms with Gasteiger partial charge < -0.3 is 28.7 Å². The first kappa shape index (κ1) is 35.3. The molecule has 0 aliphatic carbocycles. The number of rotatable bonds is 7. The van der Waals surface area contributed by atoms with Crippen LogP contribution in [0.3, 0.4) is 0 Å². The van der Waals surface area contributed by atoms with E-state index in [2.05, 4.69) is 42.3 Å². The molecule has 6 aromatic rings. The molecular formula is C40H36N8O7. The number of aryl methyl sites for hydroxylation is 2. The fourth-order valence-corrected chi connectivity index (χ4v) is 6.89. The molecule has 0 spiro atoms. The highest BCUT2D eigenvalue weighted by Crippen LogP contribution is 2.35. The fourth-order valence-electron chi connectivity index (χ4n) is 6.89. The summed E-state index contributed by atoms with van der Waals surface area (Å²) in [5, 5.41) is 5.95. The van der Waals surface area contributed by atoms with E-state index in [1.165, 1.54) is 4.57 Å². The number of hydrogen-bond acceptors (Lipinski definition) is 12. The van der Waals surface area contributed by atoms with E-state index in [4.69, 9.17) is 13.6 Å². The van der Waals surface area contributed by atoms with Crippen molar-refractivity contribution in [2.75, 3.05) is 49.7 Å². The lowest BCUT2D eigenvalue weighted by Gasteiger charge is -2.30. The van der Waals surface area contributed by atoms with Crippen molar-refractivity contribution in [1.29, 1.82) is 0 Å². The molecule has 55 heavy (non-hydrogen) atoms. The van der Waals surface area contributed by atoms with E-state index >= 15 is 0 Å². The zero-order chi connectivity index (χ0) is 38.2. The summed E-state index contributed by atoms with van der Waals surface area (Å²) in [7, 11) is 3.59. The van der Waals surface area contributed by atoms with Crippen molar-refractivity contribution in [3.63, 3.8) is 0 Å². The zero-order valence-electron chi connectivity index (χ0n) is 30.3. The third-order valence-electron chi connectivity index (χ3n) is 9.96. The number of aromatic nitrogens is 4. The SMILES string of the molecule is Cc1cc(-c2ncc(N(C)c3cc(N4CCOCC4)c4oc(=O)n(C)c4c3)cn2)cnc1C(=O)NCC#Cc1ccc2occ(C3CCC(=O)NC3=O)c2c1. The molecule has 15 heteroatoms. The molecule has 278 valence electrons.